The highest BCUT2D eigenvalue weighted by Gasteiger charge is 2.67. The Balaban J connectivity index is 1.15. The number of rotatable bonds is 7. The Morgan fingerprint density at radius 3 is 2.14 bits per heavy atom. The van der Waals surface area contributed by atoms with Crippen LogP contribution in [-0.4, -0.2) is 49.9 Å². The van der Waals surface area contributed by atoms with Crippen LogP contribution in [0, 0.1) is 38.5 Å². The van der Waals surface area contributed by atoms with Crippen LogP contribution < -0.4 is 19.4 Å². The molecule has 1 N–H and O–H groups in total. The number of carbonyl (C=O) groups is 4. The Hall–Kier alpha value is -5.15. The van der Waals surface area contributed by atoms with Gasteiger partial charge in [-0.15, -0.1) is 0 Å². The van der Waals surface area contributed by atoms with E-state index in [0.29, 0.717) is 26.2 Å². The van der Waals surface area contributed by atoms with E-state index >= 15 is 0 Å². The molecule has 6 atom stereocenters. The summed E-state index contributed by atoms with van der Waals surface area (Å²) in [6.45, 7) is 1.74. The number of nitrogens with zero attached hydrogens (tertiary/aromatic N) is 5. The number of aromatic hydroxyl groups is 1. The number of allylic oxidation sites excluding steroid dienone is 2. The van der Waals surface area contributed by atoms with Crippen LogP contribution in [-0.2, 0) is 19.2 Å². The molecule has 1 saturated carbocycles. The maximum Gasteiger partial charge on any atom is 0.241 e. The predicted octanol–water partition coefficient (Wildman–Crippen LogP) is 8.71. The molecule has 4 aromatic carbocycles. The third-order valence-electron chi connectivity index (χ3n) is 11.8. The molecule has 0 spiro atoms. The number of imide groups is 2. The van der Waals surface area contributed by atoms with Gasteiger partial charge in [0.1, 0.15) is 5.82 Å². The minimum absolute atomic E-state index is 0.0710. The van der Waals surface area contributed by atoms with Crippen LogP contribution in [0.2, 0.25) is 5.02 Å². The highest BCUT2D eigenvalue weighted by molar-refractivity contribution is 14.1. The van der Waals surface area contributed by atoms with Gasteiger partial charge in [0.2, 0.25) is 23.6 Å². The Morgan fingerprint density at radius 1 is 0.875 bits per heavy atom. The number of ether oxygens (including phenoxy) is 1. The second kappa shape index (κ2) is 14.1. The summed E-state index contributed by atoms with van der Waals surface area (Å²) in [4.78, 5) is 62.2. The second-order valence-corrected chi connectivity index (χ2v) is 16.5. The average Bonchev–Trinajstić information content (AvgIpc) is 3.55. The molecule has 8 rings (SSSR count). The van der Waals surface area contributed by atoms with Crippen molar-refractivity contribution in [3.63, 3.8) is 0 Å². The van der Waals surface area contributed by atoms with E-state index in [0.717, 1.165) is 22.2 Å². The first-order valence-electron chi connectivity index (χ1n) is 18.0. The molecule has 11 nitrogen and oxygen atoms in total. The third kappa shape index (κ3) is 5.89. The van der Waals surface area contributed by atoms with Crippen molar-refractivity contribution >= 4 is 86.3 Å². The fraction of sp³-hybridized carbons (Fsp3) is 0.286. The highest BCUT2D eigenvalue weighted by Crippen LogP contribution is 2.64. The van der Waals surface area contributed by atoms with Gasteiger partial charge >= 0.3 is 0 Å². The van der Waals surface area contributed by atoms with E-state index in [-0.39, 0.29) is 46.9 Å². The van der Waals surface area contributed by atoms with Gasteiger partial charge in [-0.2, -0.15) is 10.2 Å². The van der Waals surface area contributed by atoms with Crippen LogP contribution in [0.4, 0.5) is 32.8 Å². The number of hydrogen-bond donors (Lipinski definition) is 1. The molecular formula is C42H36ClFIN5O6. The first-order chi connectivity index (χ1) is 26.7. The van der Waals surface area contributed by atoms with Crippen molar-refractivity contribution in [1.29, 1.82) is 0 Å². The third-order valence-corrected chi connectivity index (χ3v) is 12.9. The van der Waals surface area contributed by atoms with Crippen LogP contribution in [0.3, 0.4) is 0 Å². The zero-order chi connectivity index (χ0) is 39.8. The molecule has 4 aliphatic rings. The van der Waals surface area contributed by atoms with Crippen molar-refractivity contribution in [3.05, 3.63) is 110 Å². The normalized spacial score (nSPS) is 25.7. The maximum atomic E-state index is 14.7. The molecule has 3 fully saturated rings. The molecule has 4 amide bonds. The van der Waals surface area contributed by atoms with Crippen LogP contribution in [0.25, 0.3) is 0 Å². The number of halogens is 3. The minimum Gasteiger partial charge on any atom is -0.504 e. The highest BCUT2D eigenvalue weighted by atomic mass is 127. The summed E-state index contributed by atoms with van der Waals surface area (Å²) in [5, 5.41) is 19.2. The number of anilines is 3. The standard InChI is InChI=1S/C42H36ClFIN5O6/c1-42-30(39(53)50(41(42)55)26-13-16-32(44)31(43)19-26)20-29-27(36(42)21-17-33(45)37(51)34(18-21)56-4)14-15-28-35(29)40(54)49(38(28)52)25-11-7-23(8-12-25)47-46-22-5-9-24(10-6-22)48(2)3/h5-14,16-19,28-30,35-36,51H,15,20H2,1-4H3/t28-,29+,30-,35-,36-,42+/m0/s1. The van der Waals surface area contributed by atoms with Gasteiger partial charge in [0, 0.05) is 25.7 Å². The Morgan fingerprint density at radius 2 is 1.52 bits per heavy atom. The van der Waals surface area contributed by atoms with E-state index < -0.39 is 52.6 Å². The largest absolute Gasteiger partial charge is 0.504 e. The van der Waals surface area contributed by atoms with Gasteiger partial charge in [0.25, 0.3) is 0 Å². The van der Waals surface area contributed by atoms with Crippen molar-refractivity contribution in [2.75, 3.05) is 35.9 Å². The lowest BCUT2D eigenvalue weighted by atomic mass is 9.51. The molecule has 0 unspecified atom stereocenters. The number of azo groups is 1. The number of phenolic OH excluding ortho intramolecular Hbond substituents is 1. The fourth-order valence-corrected chi connectivity index (χ4v) is 9.84. The smallest absolute Gasteiger partial charge is 0.241 e. The Bertz CT molecular complexity index is 2390. The first kappa shape index (κ1) is 37.8. The topological polar surface area (TPSA) is 132 Å². The van der Waals surface area contributed by atoms with E-state index in [4.69, 9.17) is 16.3 Å². The van der Waals surface area contributed by atoms with Crippen molar-refractivity contribution < 1.29 is 33.4 Å². The zero-order valence-corrected chi connectivity index (χ0v) is 33.7. The van der Waals surface area contributed by atoms with Gasteiger partial charge in [-0.25, -0.2) is 9.29 Å². The molecule has 0 radical (unpaired) electrons. The van der Waals surface area contributed by atoms with Gasteiger partial charge in [0.05, 0.1) is 61.6 Å². The van der Waals surface area contributed by atoms with E-state index in [1.165, 1.54) is 24.1 Å². The molecule has 2 heterocycles. The van der Waals surface area contributed by atoms with Gasteiger partial charge in [-0.05, 0) is 133 Å². The quantitative estimate of drug-likeness (QED) is 0.0850. The summed E-state index contributed by atoms with van der Waals surface area (Å²) >= 11 is 8.11. The average molecular weight is 888 g/mol. The summed E-state index contributed by atoms with van der Waals surface area (Å²) in [7, 11) is 5.33. The van der Waals surface area contributed by atoms with E-state index in [9.17, 15) is 28.7 Å². The minimum atomic E-state index is -1.36. The number of hydrogen-bond acceptors (Lipinski definition) is 9. The second-order valence-electron chi connectivity index (χ2n) is 15.0. The lowest BCUT2D eigenvalue weighted by molar-refractivity contribution is -0.131. The van der Waals surface area contributed by atoms with Crippen LogP contribution in [0.5, 0.6) is 11.5 Å². The summed E-state index contributed by atoms with van der Waals surface area (Å²) in [5.41, 5.74) is 2.79. The molecule has 0 aromatic heterocycles. The van der Waals surface area contributed by atoms with E-state index in [1.807, 2.05) is 71.9 Å². The van der Waals surface area contributed by atoms with Crippen LogP contribution in [0.15, 0.2) is 101 Å². The molecule has 0 bridgehead atoms. The number of phenols is 1. The maximum absolute atomic E-state index is 14.7. The van der Waals surface area contributed by atoms with Gasteiger partial charge in [-0.3, -0.25) is 24.1 Å². The summed E-state index contributed by atoms with van der Waals surface area (Å²) < 4.78 is 20.2. The molecule has 2 aliphatic heterocycles. The Kier molecular flexibility index (Phi) is 9.51. The molecular weight excluding hydrogens is 852 g/mol. The predicted molar refractivity (Wildman–Crippen MR) is 217 cm³/mol. The summed E-state index contributed by atoms with van der Waals surface area (Å²) in [6.07, 6.45) is 2.33. The van der Waals surface area contributed by atoms with Gasteiger partial charge in [0.15, 0.2) is 11.5 Å². The molecule has 2 saturated heterocycles. The summed E-state index contributed by atoms with van der Waals surface area (Å²) in [5.74, 6) is -6.01. The van der Waals surface area contributed by atoms with Crippen molar-refractivity contribution in [1.82, 2.24) is 0 Å². The molecule has 286 valence electrons. The van der Waals surface area contributed by atoms with E-state index in [2.05, 4.69) is 10.2 Å². The number of amides is 4. The number of benzene rings is 4. The number of fused-ring (bicyclic) bond motifs is 4. The molecule has 14 heteroatoms. The van der Waals surface area contributed by atoms with Gasteiger partial charge < -0.3 is 14.7 Å². The lowest BCUT2D eigenvalue weighted by Gasteiger charge is -2.49. The van der Waals surface area contributed by atoms with Crippen LogP contribution in [0.1, 0.15) is 31.2 Å². The monoisotopic (exact) mass is 887 g/mol. The van der Waals surface area contributed by atoms with Crippen molar-refractivity contribution in [2.24, 2.45) is 39.3 Å². The molecule has 4 aromatic rings. The SMILES string of the molecule is COc1cc([C@H]2C3=CC[C@@H]4C(=O)N(c5ccc(N=Nc6ccc(N(C)C)cc6)cc5)C(=O)[C@@H]4[C@@H]3C[C@H]3C(=O)N(c4ccc(F)c(Cl)c4)C(=O)[C@@]23C)cc(I)c1O. The lowest BCUT2D eigenvalue weighted by Crippen LogP contribution is -2.48. The van der Waals surface area contributed by atoms with Crippen molar-refractivity contribution in [3.8, 4) is 11.5 Å². The Labute approximate surface area is 340 Å². The summed E-state index contributed by atoms with van der Waals surface area (Å²) in [6, 6.07) is 21.4. The van der Waals surface area contributed by atoms with Crippen LogP contribution >= 0.6 is 34.2 Å². The fourth-order valence-electron chi connectivity index (χ4n) is 9.04. The van der Waals surface area contributed by atoms with E-state index in [1.54, 1.807) is 43.3 Å². The van der Waals surface area contributed by atoms with Crippen molar-refractivity contribution in [2.45, 2.75) is 25.7 Å². The van der Waals surface area contributed by atoms with Gasteiger partial charge in [-0.1, -0.05) is 23.3 Å². The number of methoxy groups -OCH3 is 1. The first-order valence-corrected chi connectivity index (χ1v) is 19.5. The molecule has 56 heavy (non-hydrogen) atoms. The zero-order valence-electron chi connectivity index (χ0n) is 30.7. The number of carbonyl (C=O) groups excluding carboxylic acids is 4. The molecule has 2 aliphatic carbocycles.